The molecule has 0 unspecified atom stereocenters. The Morgan fingerprint density at radius 3 is 2.44 bits per heavy atom. The molecule has 1 rings (SSSR count). The van der Waals surface area contributed by atoms with Crippen molar-refractivity contribution in [3.8, 4) is 0 Å². The van der Waals surface area contributed by atoms with Crippen molar-refractivity contribution in [2.75, 3.05) is 6.54 Å². The average molecular weight is 126 g/mol. The number of rotatable bonds is 0. The largest absolute Gasteiger partial charge is 0.399 e. The third-order valence-electron chi connectivity index (χ3n) is 1.16. The smallest absolute Gasteiger partial charge is 0.0984 e. The number of allylic oxidation sites excluding steroid dienone is 1. The van der Waals surface area contributed by atoms with E-state index in [4.69, 9.17) is 17.2 Å². The van der Waals surface area contributed by atoms with Gasteiger partial charge in [0, 0.05) is 6.08 Å². The van der Waals surface area contributed by atoms with Crippen molar-refractivity contribution >= 4 is 0 Å². The van der Waals surface area contributed by atoms with Gasteiger partial charge in [0.25, 0.3) is 0 Å². The van der Waals surface area contributed by atoms with Gasteiger partial charge in [0.2, 0.25) is 0 Å². The van der Waals surface area contributed by atoms with Crippen molar-refractivity contribution in [3.05, 3.63) is 23.3 Å². The van der Waals surface area contributed by atoms with Crippen LogP contribution in [0.25, 0.3) is 0 Å². The summed E-state index contributed by atoms with van der Waals surface area (Å²) in [5.41, 5.74) is 17.4. The zero-order valence-electron chi connectivity index (χ0n) is 5.02. The van der Waals surface area contributed by atoms with Crippen LogP contribution < -0.4 is 22.5 Å². The zero-order chi connectivity index (χ0) is 6.85. The molecule has 1 heterocycles. The molecule has 0 saturated heterocycles. The maximum Gasteiger partial charge on any atom is 0.0984 e. The van der Waals surface area contributed by atoms with E-state index in [0.717, 1.165) is 0 Å². The first-order valence-corrected chi connectivity index (χ1v) is 2.65. The number of hydrogen-bond donors (Lipinski definition) is 4. The summed E-state index contributed by atoms with van der Waals surface area (Å²) in [5, 5.41) is 2.84. The van der Waals surface area contributed by atoms with E-state index in [0.29, 0.717) is 23.8 Å². The van der Waals surface area contributed by atoms with Crippen LogP contribution in [0.4, 0.5) is 0 Å². The summed E-state index contributed by atoms with van der Waals surface area (Å²) in [6.07, 6.45) is 1.61. The molecule has 0 aromatic carbocycles. The third-order valence-corrected chi connectivity index (χ3v) is 1.16. The Balaban J connectivity index is 2.83. The zero-order valence-corrected chi connectivity index (χ0v) is 5.02. The first-order chi connectivity index (χ1) is 4.20. The van der Waals surface area contributed by atoms with Gasteiger partial charge in [-0.1, -0.05) is 0 Å². The Bertz CT molecular complexity index is 179. The van der Waals surface area contributed by atoms with E-state index in [1.807, 2.05) is 0 Å². The molecule has 0 amide bonds. The van der Waals surface area contributed by atoms with Crippen molar-refractivity contribution in [2.24, 2.45) is 17.2 Å². The average Bonchev–Trinajstić information content (AvgIpc) is 1.80. The summed E-state index contributed by atoms with van der Waals surface area (Å²) >= 11 is 0. The minimum absolute atomic E-state index is 0.550. The van der Waals surface area contributed by atoms with Crippen LogP contribution in [-0.2, 0) is 0 Å². The first kappa shape index (κ1) is 5.81. The maximum atomic E-state index is 5.43. The van der Waals surface area contributed by atoms with Gasteiger partial charge in [-0.15, -0.1) is 0 Å². The molecule has 9 heavy (non-hydrogen) atoms. The fourth-order valence-corrected chi connectivity index (χ4v) is 0.611. The monoisotopic (exact) mass is 126 g/mol. The van der Waals surface area contributed by atoms with E-state index in [1.165, 1.54) is 0 Å². The minimum Gasteiger partial charge on any atom is -0.399 e. The van der Waals surface area contributed by atoms with Gasteiger partial charge < -0.3 is 22.5 Å². The molecule has 4 heteroatoms. The highest BCUT2D eigenvalue weighted by molar-refractivity contribution is 5.28. The van der Waals surface area contributed by atoms with Crippen LogP contribution >= 0.6 is 0 Å². The molecule has 0 bridgehead atoms. The van der Waals surface area contributed by atoms with E-state index >= 15 is 0 Å². The Hall–Kier alpha value is -1.32. The SMILES string of the molecule is NC1=CC(N)=C(N)CN1. The van der Waals surface area contributed by atoms with Crippen LogP contribution in [0.2, 0.25) is 0 Å². The summed E-state index contributed by atoms with van der Waals surface area (Å²) in [7, 11) is 0. The van der Waals surface area contributed by atoms with E-state index in [2.05, 4.69) is 5.32 Å². The Kier molecular flexibility index (Phi) is 1.22. The molecular weight excluding hydrogens is 116 g/mol. The normalized spacial score (nSPS) is 18.9. The second-order valence-electron chi connectivity index (χ2n) is 1.93. The highest BCUT2D eigenvalue weighted by Crippen LogP contribution is 1.98. The van der Waals surface area contributed by atoms with Crippen molar-refractivity contribution in [1.29, 1.82) is 0 Å². The fourth-order valence-electron chi connectivity index (χ4n) is 0.611. The molecule has 1 aliphatic heterocycles. The summed E-state index contributed by atoms with van der Waals surface area (Å²) < 4.78 is 0. The van der Waals surface area contributed by atoms with Crippen LogP contribution in [0.1, 0.15) is 0 Å². The number of nitrogens with two attached hydrogens (primary N) is 3. The molecule has 0 spiro atoms. The van der Waals surface area contributed by atoms with Crippen molar-refractivity contribution in [1.82, 2.24) is 5.32 Å². The lowest BCUT2D eigenvalue weighted by atomic mass is 10.2. The predicted molar refractivity (Wildman–Crippen MR) is 35.7 cm³/mol. The van der Waals surface area contributed by atoms with Gasteiger partial charge in [-0.05, 0) is 0 Å². The van der Waals surface area contributed by atoms with Crippen molar-refractivity contribution in [3.63, 3.8) is 0 Å². The lowest BCUT2D eigenvalue weighted by Crippen LogP contribution is -2.31. The van der Waals surface area contributed by atoms with Crippen LogP contribution in [0.15, 0.2) is 23.3 Å². The molecule has 4 nitrogen and oxygen atoms in total. The van der Waals surface area contributed by atoms with Gasteiger partial charge in [0.15, 0.2) is 0 Å². The summed E-state index contributed by atoms with van der Waals surface area (Å²) in [6.45, 7) is 0.550. The van der Waals surface area contributed by atoms with Gasteiger partial charge in [-0.3, -0.25) is 0 Å². The molecule has 1 aliphatic rings. The molecule has 0 aromatic rings. The summed E-state index contributed by atoms with van der Waals surface area (Å²) in [4.78, 5) is 0. The van der Waals surface area contributed by atoms with E-state index in [9.17, 15) is 0 Å². The second-order valence-corrected chi connectivity index (χ2v) is 1.93. The first-order valence-electron chi connectivity index (χ1n) is 2.65. The topological polar surface area (TPSA) is 90.1 Å². The Morgan fingerprint density at radius 2 is 2.00 bits per heavy atom. The van der Waals surface area contributed by atoms with Gasteiger partial charge in [0.05, 0.1) is 23.8 Å². The standard InChI is InChI=1S/C5H10N4/c6-3-1-5(8)9-2-4(3)7/h1,9H,2,6-8H2. The molecule has 0 atom stereocenters. The number of hydrogen-bond acceptors (Lipinski definition) is 4. The quantitative estimate of drug-likeness (QED) is 0.318. The lowest BCUT2D eigenvalue weighted by molar-refractivity contribution is 0.814. The highest BCUT2D eigenvalue weighted by atomic mass is 15.0. The number of dihydropyridines is 1. The third kappa shape index (κ3) is 1.07. The van der Waals surface area contributed by atoms with Crippen LogP contribution in [-0.4, -0.2) is 6.54 Å². The molecule has 0 saturated carbocycles. The molecule has 7 N–H and O–H groups in total. The van der Waals surface area contributed by atoms with Crippen LogP contribution in [0.5, 0.6) is 0 Å². The van der Waals surface area contributed by atoms with Gasteiger partial charge >= 0.3 is 0 Å². The van der Waals surface area contributed by atoms with Crippen LogP contribution in [0.3, 0.4) is 0 Å². The lowest BCUT2D eigenvalue weighted by Gasteiger charge is -2.13. The Morgan fingerprint density at radius 1 is 1.33 bits per heavy atom. The molecular formula is C5H10N4. The van der Waals surface area contributed by atoms with Crippen molar-refractivity contribution < 1.29 is 0 Å². The molecule has 50 valence electrons. The number of nitrogens with one attached hydrogen (secondary N) is 1. The minimum atomic E-state index is 0.550. The molecule has 0 aromatic heterocycles. The van der Waals surface area contributed by atoms with Gasteiger partial charge in [0.1, 0.15) is 0 Å². The van der Waals surface area contributed by atoms with Crippen LogP contribution in [0, 0.1) is 0 Å². The molecule has 0 aliphatic carbocycles. The fraction of sp³-hybridized carbons (Fsp3) is 0.200. The van der Waals surface area contributed by atoms with E-state index in [-0.39, 0.29) is 0 Å². The van der Waals surface area contributed by atoms with E-state index < -0.39 is 0 Å². The van der Waals surface area contributed by atoms with Gasteiger partial charge in [-0.2, -0.15) is 0 Å². The molecule has 0 radical (unpaired) electrons. The highest BCUT2D eigenvalue weighted by Gasteiger charge is 2.02. The van der Waals surface area contributed by atoms with Crippen molar-refractivity contribution in [2.45, 2.75) is 0 Å². The Labute approximate surface area is 53.4 Å². The van der Waals surface area contributed by atoms with E-state index in [1.54, 1.807) is 6.08 Å². The predicted octanol–water partition coefficient (Wildman–Crippen LogP) is -1.48. The summed E-state index contributed by atoms with van der Waals surface area (Å²) in [6, 6.07) is 0. The second kappa shape index (κ2) is 1.89. The molecule has 0 fully saturated rings. The van der Waals surface area contributed by atoms with Gasteiger partial charge in [-0.25, -0.2) is 0 Å². The summed E-state index contributed by atoms with van der Waals surface area (Å²) in [5.74, 6) is 0.571. The maximum absolute atomic E-state index is 5.43.